The summed E-state index contributed by atoms with van der Waals surface area (Å²) in [5.41, 5.74) is 1.48. The van der Waals surface area contributed by atoms with Gasteiger partial charge in [0.15, 0.2) is 0 Å². The van der Waals surface area contributed by atoms with Crippen molar-refractivity contribution in [3.8, 4) is 0 Å². The van der Waals surface area contributed by atoms with E-state index >= 15 is 0 Å². The fraction of sp³-hybridized carbons (Fsp3) is 0.400. The minimum Gasteiger partial charge on any atom is -0.383 e. The molecule has 0 saturated carbocycles. The molecular formula is C10H15N3O4S. The number of non-ortho nitro benzene ring substituents is 1. The summed E-state index contributed by atoms with van der Waals surface area (Å²) in [5.74, 6) is 0. The molecule has 0 aliphatic carbocycles. The van der Waals surface area contributed by atoms with Crippen LogP contribution in [-0.2, 0) is 10.0 Å². The van der Waals surface area contributed by atoms with Crippen LogP contribution in [0.1, 0.15) is 5.56 Å². The summed E-state index contributed by atoms with van der Waals surface area (Å²) in [5, 5.41) is 13.6. The lowest BCUT2D eigenvalue weighted by Gasteiger charge is -2.09. The number of anilines is 1. The van der Waals surface area contributed by atoms with Crippen molar-refractivity contribution in [2.24, 2.45) is 0 Å². The van der Waals surface area contributed by atoms with Crippen LogP contribution in [0.3, 0.4) is 0 Å². The van der Waals surface area contributed by atoms with Crippen LogP contribution >= 0.6 is 0 Å². The van der Waals surface area contributed by atoms with Gasteiger partial charge < -0.3 is 5.32 Å². The van der Waals surface area contributed by atoms with Crippen molar-refractivity contribution in [1.82, 2.24) is 4.72 Å². The van der Waals surface area contributed by atoms with Crippen LogP contribution in [0.4, 0.5) is 11.4 Å². The average molecular weight is 273 g/mol. The van der Waals surface area contributed by atoms with Gasteiger partial charge >= 0.3 is 0 Å². The second kappa shape index (κ2) is 5.78. The van der Waals surface area contributed by atoms with Crippen LogP contribution in [0.15, 0.2) is 18.2 Å². The third-order valence-electron chi connectivity index (χ3n) is 2.24. The molecule has 1 aromatic rings. The maximum atomic E-state index is 10.8. The van der Waals surface area contributed by atoms with Gasteiger partial charge in [0.2, 0.25) is 10.0 Å². The Morgan fingerprint density at radius 2 is 2.00 bits per heavy atom. The Balaban J connectivity index is 2.61. The number of nitrogens with one attached hydrogen (secondary N) is 2. The largest absolute Gasteiger partial charge is 0.383 e. The molecule has 100 valence electrons. The SMILES string of the molecule is Cc1ccc([N+](=O)[O-])cc1NCCNS(C)(=O)=O. The number of nitrogens with zero attached hydrogens (tertiary/aromatic N) is 1. The first kappa shape index (κ1) is 14.4. The summed E-state index contributed by atoms with van der Waals surface area (Å²) in [6.07, 6.45) is 1.08. The maximum Gasteiger partial charge on any atom is 0.271 e. The molecule has 7 nitrogen and oxygen atoms in total. The van der Waals surface area contributed by atoms with Crippen LogP contribution < -0.4 is 10.0 Å². The van der Waals surface area contributed by atoms with E-state index in [1.807, 2.05) is 6.92 Å². The second-order valence-electron chi connectivity index (χ2n) is 3.85. The molecule has 0 aromatic heterocycles. The average Bonchev–Trinajstić information content (AvgIpc) is 2.24. The minimum absolute atomic E-state index is 0.000766. The molecule has 0 heterocycles. The molecule has 0 spiro atoms. The van der Waals surface area contributed by atoms with Crippen LogP contribution in [0.25, 0.3) is 0 Å². The molecular weight excluding hydrogens is 258 g/mol. The van der Waals surface area contributed by atoms with Crippen LogP contribution in [0.2, 0.25) is 0 Å². The highest BCUT2D eigenvalue weighted by Gasteiger charge is 2.08. The Hall–Kier alpha value is -1.67. The summed E-state index contributed by atoms with van der Waals surface area (Å²) < 4.78 is 24.0. The molecule has 0 fully saturated rings. The van der Waals surface area contributed by atoms with E-state index < -0.39 is 14.9 Å². The van der Waals surface area contributed by atoms with Gasteiger partial charge in [-0.15, -0.1) is 0 Å². The first-order valence-corrected chi connectivity index (χ1v) is 7.12. The number of rotatable bonds is 6. The highest BCUT2D eigenvalue weighted by molar-refractivity contribution is 7.88. The van der Waals surface area contributed by atoms with Gasteiger partial charge in [-0.05, 0) is 12.5 Å². The summed E-state index contributed by atoms with van der Waals surface area (Å²) in [7, 11) is -3.21. The zero-order valence-electron chi connectivity index (χ0n) is 10.1. The first-order valence-electron chi connectivity index (χ1n) is 5.23. The molecule has 1 aromatic carbocycles. The quantitative estimate of drug-likeness (QED) is 0.455. The third-order valence-corrected chi connectivity index (χ3v) is 2.97. The highest BCUT2D eigenvalue weighted by atomic mass is 32.2. The van der Waals surface area contributed by atoms with Crippen molar-refractivity contribution >= 4 is 21.4 Å². The Bertz CT molecular complexity index is 542. The van der Waals surface area contributed by atoms with Crippen molar-refractivity contribution in [2.45, 2.75) is 6.92 Å². The van der Waals surface area contributed by atoms with Gasteiger partial charge in [0.25, 0.3) is 5.69 Å². The summed E-state index contributed by atoms with van der Waals surface area (Å²) in [6.45, 7) is 2.39. The van der Waals surface area contributed by atoms with Crippen molar-refractivity contribution in [3.05, 3.63) is 33.9 Å². The van der Waals surface area contributed by atoms with Gasteiger partial charge in [-0.1, -0.05) is 6.07 Å². The molecule has 1 rings (SSSR count). The zero-order chi connectivity index (χ0) is 13.8. The van der Waals surface area contributed by atoms with Gasteiger partial charge in [0.05, 0.1) is 11.2 Å². The highest BCUT2D eigenvalue weighted by Crippen LogP contribution is 2.21. The topological polar surface area (TPSA) is 101 Å². The van der Waals surface area contributed by atoms with Crippen LogP contribution in [0.5, 0.6) is 0 Å². The Morgan fingerprint density at radius 1 is 1.33 bits per heavy atom. The minimum atomic E-state index is -3.21. The molecule has 0 amide bonds. The van der Waals surface area contributed by atoms with Gasteiger partial charge in [-0.2, -0.15) is 0 Å². The van der Waals surface area contributed by atoms with E-state index in [0.717, 1.165) is 11.8 Å². The van der Waals surface area contributed by atoms with Crippen molar-refractivity contribution < 1.29 is 13.3 Å². The third kappa shape index (κ3) is 4.68. The molecule has 0 unspecified atom stereocenters. The molecule has 8 heteroatoms. The van der Waals surface area contributed by atoms with E-state index in [2.05, 4.69) is 10.0 Å². The van der Waals surface area contributed by atoms with Gasteiger partial charge in [-0.25, -0.2) is 13.1 Å². The molecule has 0 aliphatic rings. The number of nitro groups is 1. The standard InChI is InChI=1S/C10H15N3O4S/c1-8-3-4-9(13(14)15)7-10(8)11-5-6-12-18(2,16)17/h3-4,7,11-12H,5-6H2,1-2H3. The van der Waals surface area contributed by atoms with Gasteiger partial charge in [0.1, 0.15) is 0 Å². The zero-order valence-corrected chi connectivity index (χ0v) is 11.0. The fourth-order valence-corrected chi connectivity index (χ4v) is 1.82. The maximum absolute atomic E-state index is 10.8. The summed E-state index contributed by atoms with van der Waals surface area (Å²) in [4.78, 5) is 10.1. The summed E-state index contributed by atoms with van der Waals surface area (Å²) >= 11 is 0. The summed E-state index contributed by atoms with van der Waals surface area (Å²) in [6, 6.07) is 4.50. The smallest absolute Gasteiger partial charge is 0.271 e. The lowest BCUT2D eigenvalue weighted by atomic mass is 10.2. The Labute approximate surface area is 105 Å². The van der Waals surface area contributed by atoms with E-state index in [4.69, 9.17) is 0 Å². The number of hydrogen-bond acceptors (Lipinski definition) is 5. The lowest BCUT2D eigenvalue weighted by Crippen LogP contribution is -2.27. The number of sulfonamides is 1. The van der Waals surface area contributed by atoms with Crippen LogP contribution in [0, 0.1) is 17.0 Å². The number of aryl methyl sites for hydroxylation is 1. The molecule has 0 bridgehead atoms. The predicted octanol–water partition coefficient (Wildman–Crippen LogP) is 0.864. The van der Waals surface area contributed by atoms with E-state index in [1.54, 1.807) is 6.07 Å². The fourth-order valence-electron chi connectivity index (χ4n) is 1.35. The van der Waals surface area contributed by atoms with E-state index in [9.17, 15) is 18.5 Å². The second-order valence-corrected chi connectivity index (χ2v) is 5.68. The molecule has 2 N–H and O–H groups in total. The Morgan fingerprint density at radius 3 is 2.56 bits per heavy atom. The monoisotopic (exact) mass is 273 g/mol. The van der Waals surface area contributed by atoms with E-state index in [0.29, 0.717) is 12.2 Å². The molecule has 0 atom stereocenters. The van der Waals surface area contributed by atoms with Gasteiger partial charge in [-0.3, -0.25) is 10.1 Å². The molecule has 18 heavy (non-hydrogen) atoms. The van der Waals surface area contributed by atoms with E-state index in [1.165, 1.54) is 12.1 Å². The van der Waals surface area contributed by atoms with Crippen LogP contribution in [-0.4, -0.2) is 32.7 Å². The number of benzene rings is 1. The molecule has 0 radical (unpaired) electrons. The van der Waals surface area contributed by atoms with Gasteiger partial charge in [0, 0.05) is 30.9 Å². The molecule has 0 aliphatic heterocycles. The normalized spacial score (nSPS) is 11.2. The predicted molar refractivity (Wildman–Crippen MR) is 69.2 cm³/mol. The van der Waals surface area contributed by atoms with Crippen molar-refractivity contribution in [3.63, 3.8) is 0 Å². The van der Waals surface area contributed by atoms with E-state index in [-0.39, 0.29) is 12.2 Å². The number of nitro benzene ring substituents is 1. The van der Waals surface area contributed by atoms with Crippen molar-refractivity contribution in [2.75, 3.05) is 24.7 Å². The Kier molecular flexibility index (Phi) is 4.62. The number of hydrogen-bond donors (Lipinski definition) is 2. The lowest BCUT2D eigenvalue weighted by molar-refractivity contribution is -0.384. The molecule has 0 saturated heterocycles. The van der Waals surface area contributed by atoms with Crippen molar-refractivity contribution in [1.29, 1.82) is 0 Å². The first-order chi connectivity index (χ1) is 8.29.